The van der Waals surface area contributed by atoms with E-state index in [2.05, 4.69) is 20.7 Å². The summed E-state index contributed by atoms with van der Waals surface area (Å²) in [5, 5.41) is 10.9. The molecule has 0 saturated heterocycles. The van der Waals surface area contributed by atoms with Crippen molar-refractivity contribution in [3.05, 3.63) is 53.6 Å². The van der Waals surface area contributed by atoms with Gasteiger partial charge < -0.3 is 10.6 Å². The molecule has 3 rings (SSSR count). The van der Waals surface area contributed by atoms with Crippen molar-refractivity contribution in [1.29, 1.82) is 0 Å². The molecule has 1 aliphatic rings. The maximum atomic E-state index is 13.5. The number of benzene rings is 1. The largest absolute Gasteiger partial charge is 0.356 e. The normalized spacial score (nSPS) is 15.4. The Morgan fingerprint density at radius 3 is 2.76 bits per heavy atom. The molecule has 0 aliphatic heterocycles. The molecular formula is C18H25FIN5. The monoisotopic (exact) mass is 457 g/mol. The third-order valence-electron chi connectivity index (χ3n) is 4.57. The van der Waals surface area contributed by atoms with Gasteiger partial charge in [-0.2, -0.15) is 5.10 Å². The Labute approximate surface area is 165 Å². The van der Waals surface area contributed by atoms with E-state index in [0.29, 0.717) is 0 Å². The molecule has 0 unspecified atom stereocenters. The van der Waals surface area contributed by atoms with E-state index in [1.165, 1.54) is 11.6 Å². The molecule has 1 aliphatic carbocycles. The number of rotatable bonds is 6. The van der Waals surface area contributed by atoms with E-state index in [1.807, 2.05) is 25.5 Å². The summed E-state index contributed by atoms with van der Waals surface area (Å²) < 4.78 is 15.3. The van der Waals surface area contributed by atoms with Crippen molar-refractivity contribution in [2.24, 2.45) is 12.0 Å². The maximum Gasteiger partial charge on any atom is 0.191 e. The zero-order valence-corrected chi connectivity index (χ0v) is 17.0. The molecule has 1 saturated carbocycles. The maximum absolute atomic E-state index is 13.5. The minimum atomic E-state index is -0.169. The highest BCUT2D eigenvalue weighted by Crippen LogP contribution is 2.47. The molecule has 1 fully saturated rings. The van der Waals surface area contributed by atoms with E-state index >= 15 is 0 Å². The summed E-state index contributed by atoms with van der Waals surface area (Å²) in [6, 6.07) is 6.93. The highest BCUT2D eigenvalue weighted by atomic mass is 127. The third kappa shape index (κ3) is 5.17. The molecule has 0 radical (unpaired) electrons. The van der Waals surface area contributed by atoms with Gasteiger partial charge in [0, 0.05) is 38.8 Å². The molecule has 7 heteroatoms. The number of nitrogens with zero attached hydrogens (tertiary/aromatic N) is 3. The van der Waals surface area contributed by atoms with Crippen LogP contribution >= 0.6 is 24.0 Å². The Kier molecular flexibility index (Phi) is 6.80. The van der Waals surface area contributed by atoms with E-state index < -0.39 is 0 Å². The van der Waals surface area contributed by atoms with Crippen LogP contribution in [0.3, 0.4) is 0 Å². The fraction of sp³-hybridized carbons (Fsp3) is 0.444. The van der Waals surface area contributed by atoms with Gasteiger partial charge >= 0.3 is 0 Å². The van der Waals surface area contributed by atoms with E-state index in [4.69, 9.17) is 0 Å². The molecular weight excluding hydrogens is 432 g/mol. The van der Waals surface area contributed by atoms with Crippen molar-refractivity contribution in [1.82, 2.24) is 20.4 Å². The number of aromatic nitrogens is 2. The zero-order chi connectivity index (χ0) is 17.0. The molecule has 25 heavy (non-hydrogen) atoms. The van der Waals surface area contributed by atoms with Gasteiger partial charge in [0.1, 0.15) is 5.82 Å². The van der Waals surface area contributed by atoms with Crippen molar-refractivity contribution >= 4 is 29.9 Å². The van der Waals surface area contributed by atoms with Crippen LogP contribution in [0, 0.1) is 5.82 Å². The Hall–Kier alpha value is -1.64. The lowest BCUT2D eigenvalue weighted by molar-refractivity contribution is 0.607. The summed E-state index contributed by atoms with van der Waals surface area (Å²) in [5.41, 5.74) is 2.31. The predicted octanol–water partition coefficient (Wildman–Crippen LogP) is 2.62. The van der Waals surface area contributed by atoms with Gasteiger partial charge in [-0.3, -0.25) is 9.67 Å². The van der Waals surface area contributed by atoms with Crippen LogP contribution in [0.25, 0.3) is 0 Å². The van der Waals surface area contributed by atoms with E-state index in [0.717, 1.165) is 43.9 Å². The van der Waals surface area contributed by atoms with Crippen molar-refractivity contribution in [2.45, 2.75) is 24.7 Å². The summed E-state index contributed by atoms with van der Waals surface area (Å²) in [4.78, 5) is 4.27. The molecule has 2 aromatic rings. The van der Waals surface area contributed by atoms with Crippen LogP contribution in [0.15, 0.2) is 41.7 Å². The number of aryl methyl sites for hydroxylation is 1. The molecule has 0 bridgehead atoms. The first-order valence-electron chi connectivity index (χ1n) is 8.29. The number of nitrogens with one attached hydrogen (secondary N) is 2. The first kappa shape index (κ1) is 19.7. The van der Waals surface area contributed by atoms with Gasteiger partial charge in [-0.25, -0.2) is 4.39 Å². The van der Waals surface area contributed by atoms with Crippen molar-refractivity contribution < 1.29 is 4.39 Å². The first-order valence-corrected chi connectivity index (χ1v) is 8.29. The molecule has 1 aromatic heterocycles. The van der Waals surface area contributed by atoms with Crippen LogP contribution in [0.4, 0.5) is 4.39 Å². The molecule has 1 heterocycles. The van der Waals surface area contributed by atoms with E-state index in [9.17, 15) is 4.39 Å². The van der Waals surface area contributed by atoms with Gasteiger partial charge in [0.25, 0.3) is 0 Å². The Morgan fingerprint density at radius 1 is 1.36 bits per heavy atom. The summed E-state index contributed by atoms with van der Waals surface area (Å²) >= 11 is 0. The Balaban J connectivity index is 0.00000225. The van der Waals surface area contributed by atoms with Crippen molar-refractivity contribution in [2.75, 3.05) is 20.1 Å². The highest BCUT2D eigenvalue weighted by molar-refractivity contribution is 14.0. The first-order chi connectivity index (χ1) is 11.6. The van der Waals surface area contributed by atoms with Crippen LogP contribution < -0.4 is 10.6 Å². The predicted molar refractivity (Wildman–Crippen MR) is 109 cm³/mol. The number of guanidine groups is 1. The lowest BCUT2D eigenvalue weighted by Crippen LogP contribution is -2.42. The minimum Gasteiger partial charge on any atom is -0.356 e. The minimum absolute atomic E-state index is 0. The number of hydrogen-bond acceptors (Lipinski definition) is 2. The standard InChI is InChI=1S/C18H24FN5.HI/c1-20-17(21-9-6-14-11-23-24(2)12-14)22-13-18(7-8-18)15-4-3-5-16(19)10-15;/h3-5,10-12H,6-9,13H2,1-2H3,(H2,20,21,22);1H. The average molecular weight is 457 g/mol. The molecule has 0 atom stereocenters. The van der Waals surface area contributed by atoms with Crippen molar-refractivity contribution in [3.8, 4) is 0 Å². The zero-order valence-electron chi connectivity index (χ0n) is 14.6. The average Bonchev–Trinajstić information content (AvgIpc) is 3.26. The van der Waals surface area contributed by atoms with Gasteiger partial charge in [-0.15, -0.1) is 24.0 Å². The second kappa shape index (κ2) is 8.64. The molecule has 136 valence electrons. The lowest BCUT2D eigenvalue weighted by atomic mass is 9.96. The fourth-order valence-corrected chi connectivity index (χ4v) is 2.94. The fourth-order valence-electron chi connectivity index (χ4n) is 2.94. The molecule has 0 amide bonds. The second-order valence-electron chi connectivity index (χ2n) is 6.42. The summed E-state index contributed by atoms with van der Waals surface area (Å²) in [6.45, 7) is 1.56. The topological polar surface area (TPSA) is 54.2 Å². The van der Waals surface area contributed by atoms with E-state index in [-0.39, 0.29) is 35.2 Å². The summed E-state index contributed by atoms with van der Waals surface area (Å²) in [5.74, 6) is 0.610. The van der Waals surface area contributed by atoms with E-state index in [1.54, 1.807) is 23.9 Å². The Morgan fingerprint density at radius 2 is 2.16 bits per heavy atom. The van der Waals surface area contributed by atoms with Gasteiger partial charge in [0.2, 0.25) is 0 Å². The SMILES string of the molecule is CN=C(NCCc1cnn(C)c1)NCC1(c2cccc(F)c2)CC1.I. The van der Waals surface area contributed by atoms with Crippen LogP contribution in [-0.2, 0) is 18.9 Å². The van der Waals surface area contributed by atoms with Crippen LogP contribution in [0.2, 0.25) is 0 Å². The van der Waals surface area contributed by atoms with Gasteiger partial charge in [-0.05, 0) is 42.5 Å². The summed E-state index contributed by atoms with van der Waals surface area (Å²) in [6.07, 6.45) is 6.94. The molecule has 1 aromatic carbocycles. The van der Waals surface area contributed by atoms with Crippen LogP contribution in [-0.4, -0.2) is 35.9 Å². The number of hydrogen-bond donors (Lipinski definition) is 2. The van der Waals surface area contributed by atoms with Crippen LogP contribution in [0.5, 0.6) is 0 Å². The molecule has 2 N–H and O–H groups in total. The molecule has 5 nitrogen and oxygen atoms in total. The second-order valence-corrected chi connectivity index (χ2v) is 6.42. The number of halogens is 2. The number of aliphatic imine (C=N–C) groups is 1. The van der Waals surface area contributed by atoms with Gasteiger partial charge in [0.05, 0.1) is 6.20 Å². The lowest BCUT2D eigenvalue weighted by Gasteiger charge is -2.19. The smallest absolute Gasteiger partial charge is 0.191 e. The highest BCUT2D eigenvalue weighted by Gasteiger charge is 2.44. The van der Waals surface area contributed by atoms with Gasteiger partial charge in [0.15, 0.2) is 5.96 Å². The Bertz CT molecular complexity index is 724. The summed E-state index contributed by atoms with van der Waals surface area (Å²) in [7, 11) is 3.68. The molecule has 0 spiro atoms. The third-order valence-corrected chi connectivity index (χ3v) is 4.57. The van der Waals surface area contributed by atoms with Crippen molar-refractivity contribution in [3.63, 3.8) is 0 Å². The quantitative estimate of drug-likeness (QED) is 0.399. The van der Waals surface area contributed by atoms with Gasteiger partial charge in [-0.1, -0.05) is 12.1 Å². The van der Waals surface area contributed by atoms with Crippen LogP contribution in [0.1, 0.15) is 24.0 Å².